The van der Waals surface area contributed by atoms with Crippen molar-refractivity contribution in [1.29, 1.82) is 0 Å². The Hall–Kier alpha value is -1.70. The molecule has 2 aromatic rings. The summed E-state index contributed by atoms with van der Waals surface area (Å²) in [4.78, 5) is 20.2. The van der Waals surface area contributed by atoms with Crippen LogP contribution in [-0.4, -0.2) is 80.0 Å². The lowest BCUT2D eigenvalue weighted by Gasteiger charge is -2.51. The van der Waals surface area contributed by atoms with Gasteiger partial charge in [0.15, 0.2) is 5.78 Å². The summed E-state index contributed by atoms with van der Waals surface area (Å²) in [5.74, 6) is 0.169. The lowest BCUT2D eigenvalue weighted by atomic mass is 9.77. The van der Waals surface area contributed by atoms with Gasteiger partial charge in [-0.05, 0) is 30.9 Å². The molecule has 2 saturated heterocycles. The van der Waals surface area contributed by atoms with E-state index in [1.54, 1.807) is 11.8 Å². The molecule has 166 valence electrons. The Labute approximate surface area is 189 Å². The summed E-state index contributed by atoms with van der Waals surface area (Å²) < 4.78 is 11.3. The molecular formula is C25H32N2O3S. The van der Waals surface area contributed by atoms with Gasteiger partial charge in [0, 0.05) is 36.6 Å². The van der Waals surface area contributed by atoms with Crippen molar-refractivity contribution in [1.82, 2.24) is 9.80 Å². The van der Waals surface area contributed by atoms with Crippen molar-refractivity contribution in [3.63, 3.8) is 0 Å². The highest BCUT2D eigenvalue weighted by atomic mass is 32.2. The third-order valence-electron chi connectivity index (χ3n) is 6.54. The fraction of sp³-hybridized carbons (Fsp3) is 0.480. The van der Waals surface area contributed by atoms with Crippen LogP contribution in [0.4, 0.5) is 0 Å². The number of hydrogen-bond acceptors (Lipinski definition) is 6. The van der Waals surface area contributed by atoms with Gasteiger partial charge in [0.05, 0.1) is 32.5 Å². The molecule has 2 aromatic carbocycles. The van der Waals surface area contributed by atoms with Gasteiger partial charge in [0.25, 0.3) is 0 Å². The molecule has 0 amide bonds. The minimum atomic E-state index is -0.719. The maximum absolute atomic E-state index is 14.3. The van der Waals surface area contributed by atoms with Crippen LogP contribution in [0.5, 0.6) is 0 Å². The second-order valence-electron chi connectivity index (χ2n) is 8.27. The van der Waals surface area contributed by atoms with Crippen LogP contribution < -0.4 is 0 Å². The second kappa shape index (κ2) is 10.3. The second-order valence-corrected chi connectivity index (χ2v) is 9.15. The van der Waals surface area contributed by atoms with E-state index in [9.17, 15) is 4.79 Å². The molecule has 4 rings (SSSR count). The highest BCUT2D eigenvalue weighted by molar-refractivity contribution is 7.98. The van der Waals surface area contributed by atoms with E-state index in [4.69, 9.17) is 9.47 Å². The molecule has 0 radical (unpaired) electrons. The van der Waals surface area contributed by atoms with Crippen molar-refractivity contribution in [2.24, 2.45) is 0 Å². The SMILES string of the molecule is CSc1ccc(C(=O)C(C)(C(c2ccccc2)N2CCOCC2)N2CCOCC2)cc1. The zero-order chi connectivity index (χ0) is 21.7. The van der Waals surface area contributed by atoms with Gasteiger partial charge >= 0.3 is 0 Å². The first-order valence-corrected chi connectivity index (χ1v) is 12.3. The Morgan fingerprint density at radius 2 is 1.48 bits per heavy atom. The number of ketones is 1. The molecule has 2 unspecified atom stereocenters. The number of carbonyl (C=O) groups is 1. The molecule has 0 saturated carbocycles. The van der Waals surface area contributed by atoms with Gasteiger partial charge in [0.2, 0.25) is 0 Å². The number of benzene rings is 2. The van der Waals surface area contributed by atoms with Gasteiger partial charge in [-0.3, -0.25) is 14.6 Å². The van der Waals surface area contributed by atoms with Crippen LogP contribution in [0.1, 0.15) is 28.9 Å². The van der Waals surface area contributed by atoms with Crippen molar-refractivity contribution in [3.8, 4) is 0 Å². The number of Topliss-reactive ketones (excluding diaryl/α,β-unsaturated/α-hetero) is 1. The molecule has 0 aromatic heterocycles. The Morgan fingerprint density at radius 1 is 0.903 bits per heavy atom. The molecule has 2 aliphatic heterocycles. The largest absolute Gasteiger partial charge is 0.379 e. The molecule has 5 nitrogen and oxygen atoms in total. The standard InChI is InChI=1S/C25H32N2O3S/c1-25(27-14-18-30-19-15-27,24(28)21-8-10-22(31-2)11-9-21)23(20-6-4-3-5-7-20)26-12-16-29-17-13-26/h3-11,23H,12-19H2,1-2H3. The molecule has 6 heteroatoms. The van der Waals surface area contributed by atoms with E-state index in [0.29, 0.717) is 26.4 Å². The molecule has 0 bridgehead atoms. The molecule has 2 heterocycles. The Kier molecular flexibility index (Phi) is 7.46. The van der Waals surface area contributed by atoms with Crippen LogP contribution in [0.2, 0.25) is 0 Å². The van der Waals surface area contributed by atoms with Gasteiger partial charge < -0.3 is 9.47 Å². The highest BCUT2D eigenvalue weighted by Gasteiger charge is 2.50. The van der Waals surface area contributed by atoms with Crippen LogP contribution in [0.25, 0.3) is 0 Å². The average molecular weight is 441 g/mol. The number of rotatable bonds is 7. The predicted molar refractivity (Wildman–Crippen MR) is 125 cm³/mol. The average Bonchev–Trinajstić information content (AvgIpc) is 2.85. The van der Waals surface area contributed by atoms with Crippen LogP contribution in [0.3, 0.4) is 0 Å². The van der Waals surface area contributed by atoms with Gasteiger partial charge in [-0.2, -0.15) is 0 Å². The van der Waals surface area contributed by atoms with E-state index in [2.05, 4.69) is 47.2 Å². The summed E-state index contributed by atoms with van der Waals surface area (Å²) in [6.45, 7) is 7.96. The normalized spacial score (nSPS) is 21.4. The third-order valence-corrected chi connectivity index (χ3v) is 7.28. The highest BCUT2D eigenvalue weighted by Crippen LogP contribution is 2.40. The minimum absolute atomic E-state index is 0.0663. The quantitative estimate of drug-likeness (QED) is 0.483. The molecule has 2 fully saturated rings. The van der Waals surface area contributed by atoms with Crippen molar-refractivity contribution in [2.75, 3.05) is 58.9 Å². The Morgan fingerprint density at radius 3 is 2.06 bits per heavy atom. The van der Waals surface area contributed by atoms with E-state index in [0.717, 1.165) is 36.6 Å². The predicted octanol–water partition coefficient (Wildman–Crippen LogP) is 3.76. The minimum Gasteiger partial charge on any atom is -0.379 e. The van der Waals surface area contributed by atoms with Gasteiger partial charge in [-0.15, -0.1) is 11.8 Å². The van der Waals surface area contributed by atoms with Crippen LogP contribution in [0.15, 0.2) is 59.5 Å². The lowest BCUT2D eigenvalue weighted by Crippen LogP contribution is -2.63. The van der Waals surface area contributed by atoms with E-state index < -0.39 is 5.54 Å². The summed E-state index contributed by atoms with van der Waals surface area (Å²) in [6, 6.07) is 18.5. The van der Waals surface area contributed by atoms with Crippen LogP contribution >= 0.6 is 11.8 Å². The van der Waals surface area contributed by atoms with Crippen molar-refractivity contribution >= 4 is 17.5 Å². The van der Waals surface area contributed by atoms with E-state index in [1.807, 2.05) is 30.3 Å². The van der Waals surface area contributed by atoms with E-state index >= 15 is 0 Å². The summed E-state index contributed by atoms with van der Waals surface area (Å²) in [5, 5.41) is 0. The summed E-state index contributed by atoms with van der Waals surface area (Å²) in [5.41, 5.74) is 1.22. The monoisotopic (exact) mass is 440 g/mol. The first-order valence-electron chi connectivity index (χ1n) is 11.0. The first-order chi connectivity index (χ1) is 15.1. The maximum atomic E-state index is 14.3. The number of nitrogens with zero attached hydrogens (tertiary/aromatic N) is 2. The summed E-state index contributed by atoms with van der Waals surface area (Å²) in [7, 11) is 0. The van der Waals surface area contributed by atoms with Crippen molar-refractivity contribution in [3.05, 3.63) is 65.7 Å². The summed E-state index contributed by atoms with van der Waals surface area (Å²) >= 11 is 1.69. The van der Waals surface area contributed by atoms with E-state index in [-0.39, 0.29) is 11.8 Å². The number of hydrogen-bond donors (Lipinski definition) is 0. The van der Waals surface area contributed by atoms with E-state index in [1.165, 1.54) is 5.56 Å². The van der Waals surface area contributed by atoms with Crippen molar-refractivity contribution < 1.29 is 14.3 Å². The molecule has 2 aliphatic rings. The lowest BCUT2D eigenvalue weighted by molar-refractivity contribution is -0.0616. The topological polar surface area (TPSA) is 42.0 Å². The Balaban J connectivity index is 1.80. The fourth-order valence-corrected chi connectivity index (χ4v) is 5.27. The summed E-state index contributed by atoms with van der Waals surface area (Å²) in [6.07, 6.45) is 2.05. The molecular weight excluding hydrogens is 408 g/mol. The maximum Gasteiger partial charge on any atom is 0.184 e. The van der Waals surface area contributed by atoms with Crippen LogP contribution in [0, 0.1) is 0 Å². The van der Waals surface area contributed by atoms with Gasteiger partial charge in [0.1, 0.15) is 5.54 Å². The van der Waals surface area contributed by atoms with Gasteiger partial charge in [-0.1, -0.05) is 42.5 Å². The zero-order valence-electron chi connectivity index (χ0n) is 18.5. The Bertz CT molecular complexity index is 849. The molecule has 31 heavy (non-hydrogen) atoms. The number of thioether (sulfide) groups is 1. The first kappa shape index (κ1) is 22.5. The van der Waals surface area contributed by atoms with Crippen molar-refractivity contribution in [2.45, 2.75) is 23.4 Å². The zero-order valence-corrected chi connectivity index (χ0v) is 19.3. The molecule has 0 spiro atoms. The molecule has 0 N–H and O–H groups in total. The smallest absolute Gasteiger partial charge is 0.184 e. The number of carbonyl (C=O) groups excluding carboxylic acids is 1. The number of ether oxygens (including phenoxy) is 2. The third kappa shape index (κ3) is 4.73. The fourth-order valence-electron chi connectivity index (χ4n) is 4.87. The molecule has 0 aliphatic carbocycles. The molecule has 2 atom stereocenters. The van der Waals surface area contributed by atoms with Gasteiger partial charge in [-0.25, -0.2) is 0 Å². The van der Waals surface area contributed by atoms with Crippen LogP contribution in [-0.2, 0) is 9.47 Å². The number of morpholine rings is 2.